The molecule has 0 aromatic heterocycles. The molecule has 2 fully saturated rings. The van der Waals surface area contributed by atoms with Gasteiger partial charge in [-0.05, 0) is 94.7 Å². The number of sulfone groups is 1. The Balaban J connectivity index is 1.42. The number of ether oxygens (including phenoxy) is 1. The van der Waals surface area contributed by atoms with Crippen LogP contribution in [-0.2, 0) is 16.3 Å². The van der Waals surface area contributed by atoms with Gasteiger partial charge in [0.25, 0.3) is 0 Å². The fourth-order valence-electron chi connectivity index (χ4n) is 4.73. The third-order valence-electron chi connectivity index (χ3n) is 6.75. The predicted molar refractivity (Wildman–Crippen MR) is 117 cm³/mol. The third-order valence-corrected chi connectivity index (χ3v) is 9.12. The summed E-state index contributed by atoms with van der Waals surface area (Å²) in [5, 5.41) is -0.242. The predicted octanol–water partition coefficient (Wildman–Crippen LogP) is 5.96. The van der Waals surface area contributed by atoms with Crippen molar-refractivity contribution in [3.05, 3.63) is 29.8 Å². The Morgan fingerprint density at radius 2 is 1.64 bits per heavy atom. The van der Waals surface area contributed by atoms with E-state index in [1.807, 2.05) is 0 Å². The van der Waals surface area contributed by atoms with Crippen LogP contribution >= 0.6 is 0 Å². The van der Waals surface area contributed by atoms with Gasteiger partial charge in [0.2, 0.25) is 0 Å². The van der Waals surface area contributed by atoms with Gasteiger partial charge < -0.3 is 4.74 Å². The molecule has 0 saturated heterocycles. The molecule has 28 heavy (non-hydrogen) atoms. The van der Waals surface area contributed by atoms with Gasteiger partial charge in [-0.3, -0.25) is 0 Å². The van der Waals surface area contributed by atoms with E-state index < -0.39 is 9.84 Å². The molecular formula is C24H38O3S. The molecule has 158 valence electrons. The maximum Gasteiger partial charge on any atom is 0.152 e. The number of hydrogen-bond acceptors (Lipinski definition) is 3. The minimum atomic E-state index is -2.90. The Morgan fingerprint density at radius 1 is 0.964 bits per heavy atom. The minimum absolute atomic E-state index is 0.242. The molecule has 0 heterocycles. The lowest BCUT2D eigenvalue weighted by Gasteiger charge is -2.29. The van der Waals surface area contributed by atoms with E-state index in [0.717, 1.165) is 30.9 Å². The van der Waals surface area contributed by atoms with E-state index >= 15 is 0 Å². The highest BCUT2D eigenvalue weighted by molar-refractivity contribution is 7.91. The van der Waals surface area contributed by atoms with E-state index in [1.54, 1.807) is 13.8 Å². The van der Waals surface area contributed by atoms with Gasteiger partial charge in [-0.1, -0.05) is 31.4 Å². The molecule has 2 saturated carbocycles. The minimum Gasteiger partial charge on any atom is -0.490 e. The first-order valence-corrected chi connectivity index (χ1v) is 13.1. The van der Waals surface area contributed by atoms with Crippen LogP contribution in [0.2, 0.25) is 0 Å². The summed E-state index contributed by atoms with van der Waals surface area (Å²) in [4.78, 5) is 0. The number of aryl methyl sites for hydroxylation is 1. The molecule has 0 radical (unpaired) electrons. The molecule has 2 aliphatic carbocycles. The van der Waals surface area contributed by atoms with Crippen LogP contribution < -0.4 is 4.74 Å². The van der Waals surface area contributed by atoms with Gasteiger partial charge in [0.1, 0.15) is 5.75 Å². The Morgan fingerprint density at radius 3 is 2.32 bits per heavy atom. The molecule has 0 atom stereocenters. The lowest BCUT2D eigenvalue weighted by atomic mass is 9.80. The summed E-state index contributed by atoms with van der Waals surface area (Å²) in [6, 6.07) is 8.67. The summed E-state index contributed by atoms with van der Waals surface area (Å²) in [6.07, 6.45) is 13.5. The van der Waals surface area contributed by atoms with Crippen molar-refractivity contribution in [1.82, 2.24) is 0 Å². The zero-order valence-corrected chi connectivity index (χ0v) is 18.6. The van der Waals surface area contributed by atoms with Crippen LogP contribution in [-0.4, -0.2) is 25.5 Å². The van der Waals surface area contributed by atoms with Gasteiger partial charge in [-0.15, -0.1) is 0 Å². The highest BCUT2D eigenvalue weighted by atomic mass is 32.2. The molecule has 3 rings (SSSR count). The zero-order valence-electron chi connectivity index (χ0n) is 17.7. The molecular weight excluding hydrogens is 368 g/mol. The summed E-state index contributed by atoms with van der Waals surface area (Å²) in [5.74, 6) is 2.53. The van der Waals surface area contributed by atoms with E-state index in [0.29, 0.717) is 17.8 Å². The topological polar surface area (TPSA) is 43.4 Å². The maximum absolute atomic E-state index is 12.2. The van der Waals surface area contributed by atoms with Gasteiger partial charge in [0, 0.05) is 0 Å². The monoisotopic (exact) mass is 406 g/mol. The summed E-state index contributed by atoms with van der Waals surface area (Å²) in [6.45, 7) is 3.60. The summed E-state index contributed by atoms with van der Waals surface area (Å²) in [5.41, 5.74) is 1.37. The van der Waals surface area contributed by atoms with E-state index in [9.17, 15) is 8.42 Å². The molecule has 0 bridgehead atoms. The SMILES string of the molecule is CC(C)S(=O)(=O)CC1CCC(CCc2cccc(OC3CCCCC3)c2)CC1. The second-order valence-electron chi connectivity index (χ2n) is 9.33. The summed E-state index contributed by atoms with van der Waals surface area (Å²) in [7, 11) is -2.90. The van der Waals surface area contributed by atoms with Crippen molar-refractivity contribution >= 4 is 9.84 Å². The number of benzene rings is 1. The second kappa shape index (κ2) is 10.1. The number of hydrogen-bond donors (Lipinski definition) is 0. The van der Waals surface area contributed by atoms with Crippen molar-refractivity contribution in [1.29, 1.82) is 0 Å². The fourth-order valence-corrected chi connectivity index (χ4v) is 6.10. The molecule has 0 unspecified atom stereocenters. The standard InChI is InChI=1S/C24H38O3S/c1-19(2)28(25,26)18-22-15-12-20(13-16-22)11-14-21-7-6-10-24(17-21)27-23-8-4-3-5-9-23/h6-7,10,17,19-20,22-23H,3-5,8-9,11-16,18H2,1-2H3. The van der Waals surface area contributed by atoms with E-state index in [-0.39, 0.29) is 5.25 Å². The van der Waals surface area contributed by atoms with Crippen LogP contribution in [0, 0.1) is 11.8 Å². The molecule has 0 amide bonds. The highest BCUT2D eigenvalue weighted by Gasteiger charge is 2.27. The van der Waals surface area contributed by atoms with Crippen molar-refractivity contribution in [2.75, 3.05) is 5.75 Å². The molecule has 0 aliphatic heterocycles. The molecule has 1 aromatic rings. The zero-order chi connectivity index (χ0) is 20.0. The smallest absolute Gasteiger partial charge is 0.152 e. The second-order valence-corrected chi connectivity index (χ2v) is 11.9. The van der Waals surface area contributed by atoms with Crippen LogP contribution in [0.25, 0.3) is 0 Å². The van der Waals surface area contributed by atoms with Crippen LogP contribution in [0.15, 0.2) is 24.3 Å². The lowest BCUT2D eigenvalue weighted by molar-refractivity contribution is 0.155. The normalized spacial score (nSPS) is 24.4. The van der Waals surface area contributed by atoms with Crippen molar-refractivity contribution in [2.24, 2.45) is 11.8 Å². The van der Waals surface area contributed by atoms with Crippen molar-refractivity contribution in [2.45, 2.75) is 95.8 Å². The van der Waals surface area contributed by atoms with E-state index in [1.165, 1.54) is 56.9 Å². The van der Waals surface area contributed by atoms with Gasteiger partial charge in [0.05, 0.1) is 17.1 Å². The maximum atomic E-state index is 12.2. The molecule has 1 aromatic carbocycles. The summed E-state index contributed by atoms with van der Waals surface area (Å²) < 4.78 is 30.5. The quantitative estimate of drug-likeness (QED) is 0.535. The van der Waals surface area contributed by atoms with Crippen LogP contribution in [0.3, 0.4) is 0 Å². The summed E-state index contributed by atoms with van der Waals surface area (Å²) >= 11 is 0. The van der Waals surface area contributed by atoms with E-state index in [2.05, 4.69) is 24.3 Å². The average molecular weight is 407 g/mol. The van der Waals surface area contributed by atoms with Crippen molar-refractivity contribution in [3.63, 3.8) is 0 Å². The van der Waals surface area contributed by atoms with Gasteiger partial charge >= 0.3 is 0 Å². The van der Waals surface area contributed by atoms with Gasteiger partial charge in [0.15, 0.2) is 9.84 Å². The van der Waals surface area contributed by atoms with Crippen LogP contribution in [0.4, 0.5) is 0 Å². The van der Waals surface area contributed by atoms with Gasteiger partial charge in [-0.25, -0.2) is 8.42 Å². The van der Waals surface area contributed by atoms with Crippen LogP contribution in [0.5, 0.6) is 5.75 Å². The first-order chi connectivity index (χ1) is 13.4. The molecule has 3 nitrogen and oxygen atoms in total. The molecule has 0 N–H and O–H groups in total. The third kappa shape index (κ3) is 6.50. The Kier molecular flexibility index (Phi) is 7.85. The molecule has 2 aliphatic rings. The first kappa shape index (κ1) is 21.7. The first-order valence-electron chi connectivity index (χ1n) is 11.4. The van der Waals surface area contributed by atoms with Gasteiger partial charge in [-0.2, -0.15) is 0 Å². The Bertz CT molecular complexity index is 696. The largest absolute Gasteiger partial charge is 0.490 e. The number of rotatable bonds is 8. The Hall–Kier alpha value is -1.03. The van der Waals surface area contributed by atoms with Crippen molar-refractivity contribution in [3.8, 4) is 5.75 Å². The Labute approximate surface area is 172 Å². The van der Waals surface area contributed by atoms with Crippen molar-refractivity contribution < 1.29 is 13.2 Å². The van der Waals surface area contributed by atoms with E-state index in [4.69, 9.17) is 4.74 Å². The van der Waals surface area contributed by atoms with Crippen LogP contribution in [0.1, 0.15) is 83.6 Å². The highest BCUT2D eigenvalue weighted by Crippen LogP contribution is 2.33. The lowest BCUT2D eigenvalue weighted by Crippen LogP contribution is -2.26. The molecule has 4 heteroatoms. The fraction of sp³-hybridized carbons (Fsp3) is 0.750. The molecule has 0 spiro atoms. The average Bonchev–Trinajstić information content (AvgIpc) is 2.68.